The lowest BCUT2D eigenvalue weighted by atomic mass is 9.96. The monoisotopic (exact) mass is 245 g/mol. The highest BCUT2D eigenvalue weighted by Crippen LogP contribution is 2.26. The SMILES string of the molecule is Cc1ccc(CCN)c(-c2ccc(Cl)cc2)c1. The summed E-state index contributed by atoms with van der Waals surface area (Å²) in [5, 5.41) is 0.766. The van der Waals surface area contributed by atoms with Crippen molar-refractivity contribution in [3.8, 4) is 11.1 Å². The first kappa shape index (κ1) is 12.2. The second-order valence-electron chi connectivity index (χ2n) is 4.21. The van der Waals surface area contributed by atoms with Gasteiger partial charge in [0, 0.05) is 5.02 Å². The summed E-state index contributed by atoms with van der Waals surface area (Å²) >= 11 is 5.91. The zero-order valence-corrected chi connectivity index (χ0v) is 10.7. The summed E-state index contributed by atoms with van der Waals surface area (Å²) in [6, 6.07) is 14.4. The predicted octanol–water partition coefficient (Wildman–Crippen LogP) is 3.82. The second kappa shape index (κ2) is 5.35. The molecule has 2 aromatic carbocycles. The van der Waals surface area contributed by atoms with Crippen LogP contribution in [-0.2, 0) is 6.42 Å². The first-order valence-corrected chi connectivity index (χ1v) is 6.14. The number of hydrogen-bond donors (Lipinski definition) is 1. The molecule has 0 aliphatic carbocycles. The molecule has 0 radical (unpaired) electrons. The first-order valence-electron chi connectivity index (χ1n) is 5.76. The van der Waals surface area contributed by atoms with E-state index < -0.39 is 0 Å². The number of aryl methyl sites for hydroxylation is 1. The van der Waals surface area contributed by atoms with E-state index in [9.17, 15) is 0 Å². The van der Waals surface area contributed by atoms with Crippen LogP contribution in [0, 0.1) is 6.92 Å². The molecule has 0 spiro atoms. The highest BCUT2D eigenvalue weighted by molar-refractivity contribution is 6.30. The van der Waals surface area contributed by atoms with Crippen LogP contribution in [0.1, 0.15) is 11.1 Å². The molecule has 0 saturated carbocycles. The minimum Gasteiger partial charge on any atom is -0.330 e. The molecule has 2 rings (SSSR count). The van der Waals surface area contributed by atoms with Crippen molar-refractivity contribution in [3.63, 3.8) is 0 Å². The van der Waals surface area contributed by atoms with Gasteiger partial charge in [-0.05, 0) is 48.7 Å². The van der Waals surface area contributed by atoms with E-state index in [2.05, 4.69) is 37.3 Å². The molecule has 0 aromatic heterocycles. The van der Waals surface area contributed by atoms with Crippen molar-refractivity contribution < 1.29 is 0 Å². The van der Waals surface area contributed by atoms with Crippen LogP contribution >= 0.6 is 11.6 Å². The van der Waals surface area contributed by atoms with Crippen molar-refractivity contribution >= 4 is 11.6 Å². The fraction of sp³-hybridized carbons (Fsp3) is 0.200. The topological polar surface area (TPSA) is 26.0 Å². The van der Waals surface area contributed by atoms with Crippen molar-refractivity contribution in [1.82, 2.24) is 0 Å². The van der Waals surface area contributed by atoms with Crippen LogP contribution < -0.4 is 5.73 Å². The number of halogens is 1. The molecule has 0 fully saturated rings. The Bertz CT molecular complexity index is 503. The highest BCUT2D eigenvalue weighted by atomic mass is 35.5. The summed E-state index contributed by atoms with van der Waals surface area (Å²) in [5.74, 6) is 0. The smallest absolute Gasteiger partial charge is 0.0406 e. The standard InChI is InChI=1S/C15H16ClN/c1-11-2-3-13(8-9-17)15(10-11)12-4-6-14(16)7-5-12/h2-7,10H,8-9,17H2,1H3. The fourth-order valence-corrected chi connectivity index (χ4v) is 2.09. The molecule has 17 heavy (non-hydrogen) atoms. The van der Waals surface area contributed by atoms with Gasteiger partial charge >= 0.3 is 0 Å². The summed E-state index contributed by atoms with van der Waals surface area (Å²) in [5.41, 5.74) is 10.7. The molecule has 0 heterocycles. The summed E-state index contributed by atoms with van der Waals surface area (Å²) in [7, 11) is 0. The Balaban J connectivity index is 2.48. The predicted molar refractivity (Wildman–Crippen MR) is 74.4 cm³/mol. The fourth-order valence-electron chi connectivity index (χ4n) is 1.96. The molecule has 88 valence electrons. The van der Waals surface area contributed by atoms with Crippen molar-refractivity contribution in [2.24, 2.45) is 5.73 Å². The maximum atomic E-state index is 5.91. The van der Waals surface area contributed by atoms with E-state index >= 15 is 0 Å². The summed E-state index contributed by atoms with van der Waals surface area (Å²) in [4.78, 5) is 0. The second-order valence-corrected chi connectivity index (χ2v) is 4.64. The van der Waals surface area contributed by atoms with Crippen molar-refractivity contribution in [2.45, 2.75) is 13.3 Å². The van der Waals surface area contributed by atoms with Crippen LogP contribution in [0.4, 0.5) is 0 Å². The van der Waals surface area contributed by atoms with Crippen molar-refractivity contribution in [1.29, 1.82) is 0 Å². The van der Waals surface area contributed by atoms with E-state index in [4.69, 9.17) is 17.3 Å². The molecular weight excluding hydrogens is 230 g/mol. The molecular formula is C15H16ClN. The van der Waals surface area contributed by atoms with Gasteiger partial charge in [0.05, 0.1) is 0 Å². The number of rotatable bonds is 3. The lowest BCUT2D eigenvalue weighted by molar-refractivity contribution is 0.970. The quantitative estimate of drug-likeness (QED) is 0.874. The van der Waals surface area contributed by atoms with Gasteiger partial charge in [0.15, 0.2) is 0 Å². The Kier molecular flexibility index (Phi) is 3.82. The van der Waals surface area contributed by atoms with Crippen LogP contribution in [0.3, 0.4) is 0 Å². The lowest BCUT2D eigenvalue weighted by Crippen LogP contribution is -2.04. The van der Waals surface area contributed by atoms with Crippen LogP contribution in [0.25, 0.3) is 11.1 Å². The third-order valence-corrected chi connectivity index (χ3v) is 3.09. The molecule has 2 N–H and O–H groups in total. The molecule has 0 aliphatic heterocycles. The average Bonchev–Trinajstić information content (AvgIpc) is 2.33. The van der Waals surface area contributed by atoms with Gasteiger partial charge < -0.3 is 5.73 Å². The van der Waals surface area contributed by atoms with Crippen LogP contribution in [-0.4, -0.2) is 6.54 Å². The van der Waals surface area contributed by atoms with Gasteiger partial charge in [-0.15, -0.1) is 0 Å². The third kappa shape index (κ3) is 2.87. The summed E-state index contributed by atoms with van der Waals surface area (Å²) in [6.07, 6.45) is 0.901. The average molecular weight is 246 g/mol. The van der Waals surface area contributed by atoms with Crippen LogP contribution in [0.15, 0.2) is 42.5 Å². The number of nitrogens with two attached hydrogens (primary N) is 1. The van der Waals surface area contributed by atoms with Gasteiger partial charge in [-0.3, -0.25) is 0 Å². The Hall–Kier alpha value is -1.31. The first-order chi connectivity index (χ1) is 8.20. The van der Waals surface area contributed by atoms with Crippen molar-refractivity contribution in [3.05, 3.63) is 58.6 Å². The Labute approximate surface area is 107 Å². The minimum absolute atomic E-state index is 0.670. The minimum atomic E-state index is 0.670. The Morgan fingerprint density at radius 3 is 2.41 bits per heavy atom. The molecule has 2 aromatic rings. The van der Waals surface area contributed by atoms with Gasteiger partial charge in [0.1, 0.15) is 0 Å². The zero-order valence-electron chi connectivity index (χ0n) is 9.91. The van der Waals surface area contributed by atoms with Crippen LogP contribution in [0.5, 0.6) is 0 Å². The Morgan fingerprint density at radius 1 is 1.06 bits per heavy atom. The van der Waals surface area contributed by atoms with E-state index in [1.54, 1.807) is 0 Å². The zero-order chi connectivity index (χ0) is 12.3. The Morgan fingerprint density at radius 2 is 1.76 bits per heavy atom. The van der Waals surface area contributed by atoms with Gasteiger partial charge in [-0.2, -0.15) is 0 Å². The molecule has 0 amide bonds. The normalized spacial score (nSPS) is 10.5. The van der Waals surface area contributed by atoms with Gasteiger partial charge in [0.2, 0.25) is 0 Å². The molecule has 2 heteroatoms. The summed E-state index contributed by atoms with van der Waals surface area (Å²) in [6.45, 7) is 2.77. The van der Waals surface area contributed by atoms with E-state index in [0.717, 1.165) is 11.4 Å². The van der Waals surface area contributed by atoms with Gasteiger partial charge in [-0.25, -0.2) is 0 Å². The van der Waals surface area contributed by atoms with Crippen LogP contribution in [0.2, 0.25) is 5.02 Å². The number of hydrogen-bond acceptors (Lipinski definition) is 1. The molecule has 0 aliphatic rings. The van der Waals surface area contributed by atoms with E-state index in [1.165, 1.54) is 22.3 Å². The largest absolute Gasteiger partial charge is 0.330 e. The molecule has 0 unspecified atom stereocenters. The third-order valence-electron chi connectivity index (χ3n) is 2.83. The molecule has 0 bridgehead atoms. The van der Waals surface area contributed by atoms with Crippen molar-refractivity contribution in [2.75, 3.05) is 6.54 Å². The number of benzene rings is 2. The lowest BCUT2D eigenvalue weighted by Gasteiger charge is -2.10. The highest BCUT2D eigenvalue weighted by Gasteiger charge is 2.05. The van der Waals surface area contributed by atoms with E-state index in [-0.39, 0.29) is 0 Å². The van der Waals surface area contributed by atoms with E-state index in [1.807, 2.05) is 12.1 Å². The molecule has 1 nitrogen and oxygen atoms in total. The molecule has 0 saturated heterocycles. The van der Waals surface area contributed by atoms with Gasteiger partial charge in [-0.1, -0.05) is 47.5 Å². The van der Waals surface area contributed by atoms with E-state index in [0.29, 0.717) is 6.54 Å². The molecule has 0 atom stereocenters. The maximum absolute atomic E-state index is 5.91. The summed E-state index contributed by atoms with van der Waals surface area (Å²) < 4.78 is 0. The van der Waals surface area contributed by atoms with Gasteiger partial charge in [0.25, 0.3) is 0 Å². The maximum Gasteiger partial charge on any atom is 0.0406 e.